The summed E-state index contributed by atoms with van der Waals surface area (Å²) in [5, 5.41) is 0. The van der Waals surface area contributed by atoms with Crippen LogP contribution in [0.5, 0.6) is 0 Å². The molecule has 0 amide bonds. The summed E-state index contributed by atoms with van der Waals surface area (Å²) in [6.45, 7) is 1.96. The molecule has 15 heavy (non-hydrogen) atoms. The van der Waals surface area contributed by atoms with Gasteiger partial charge in [0, 0.05) is 12.8 Å². The Hall–Kier alpha value is -0.790. The smallest absolute Gasteiger partial charge is 0.306 e. The normalized spacial score (nSPS) is 28.1. The molecule has 0 saturated carbocycles. The molecular weight excluding hydrogens is 188 g/mol. The van der Waals surface area contributed by atoms with Gasteiger partial charge in [0.05, 0.1) is 0 Å². The summed E-state index contributed by atoms with van der Waals surface area (Å²) in [4.78, 5) is 11.3. The first-order chi connectivity index (χ1) is 7.29. The molecule has 0 aromatic heterocycles. The van der Waals surface area contributed by atoms with Crippen LogP contribution in [0.15, 0.2) is 12.2 Å². The second-order valence-electron chi connectivity index (χ2n) is 4.31. The van der Waals surface area contributed by atoms with Crippen LogP contribution >= 0.6 is 0 Å². The molecule has 0 bridgehead atoms. The van der Waals surface area contributed by atoms with Crippen molar-refractivity contribution in [3.05, 3.63) is 12.2 Å². The highest BCUT2D eigenvalue weighted by Gasteiger charge is 2.07. The van der Waals surface area contributed by atoms with Crippen LogP contribution in [0, 0.1) is 0 Å². The number of carbonyl (C=O) groups excluding carboxylic acids is 1. The van der Waals surface area contributed by atoms with Crippen molar-refractivity contribution in [2.45, 2.75) is 64.4 Å². The zero-order valence-corrected chi connectivity index (χ0v) is 9.71. The average molecular weight is 210 g/mol. The van der Waals surface area contributed by atoms with E-state index in [-0.39, 0.29) is 12.1 Å². The molecule has 0 spiro atoms. The van der Waals surface area contributed by atoms with Crippen molar-refractivity contribution in [1.82, 2.24) is 0 Å². The first kappa shape index (κ1) is 12.3. The minimum Gasteiger partial charge on any atom is -0.462 e. The van der Waals surface area contributed by atoms with Gasteiger partial charge in [-0.15, -0.1) is 0 Å². The van der Waals surface area contributed by atoms with E-state index in [2.05, 4.69) is 12.2 Å². The Labute approximate surface area is 92.7 Å². The van der Waals surface area contributed by atoms with Crippen LogP contribution in [0.2, 0.25) is 0 Å². The van der Waals surface area contributed by atoms with E-state index in [1.807, 2.05) is 6.92 Å². The van der Waals surface area contributed by atoms with Crippen LogP contribution < -0.4 is 0 Å². The summed E-state index contributed by atoms with van der Waals surface area (Å²) in [5.74, 6) is -0.0323. The van der Waals surface area contributed by atoms with Crippen molar-refractivity contribution in [3.63, 3.8) is 0 Å². The van der Waals surface area contributed by atoms with E-state index in [4.69, 9.17) is 4.74 Å². The van der Waals surface area contributed by atoms with E-state index in [1.165, 1.54) is 25.7 Å². The van der Waals surface area contributed by atoms with Gasteiger partial charge in [0.2, 0.25) is 0 Å². The van der Waals surface area contributed by atoms with Gasteiger partial charge in [-0.25, -0.2) is 0 Å². The maximum absolute atomic E-state index is 11.3. The molecule has 2 nitrogen and oxygen atoms in total. The van der Waals surface area contributed by atoms with Gasteiger partial charge in [-0.3, -0.25) is 4.79 Å². The van der Waals surface area contributed by atoms with Crippen molar-refractivity contribution < 1.29 is 9.53 Å². The number of allylic oxidation sites excluding steroid dienone is 1. The van der Waals surface area contributed by atoms with Crippen LogP contribution in [0.25, 0.3) is 0 Å². The van der Waals surface area contributed by atoms with E-state index in [0.29, 0.717) is 6.42 Å². The zero-order chi connectivity index (χ0) is 10.9. The number of ether oxygens (including phenoxy) is 1. The Morgan fingerprint density at radius 1 is 1.13 bits per heavy atom. The quantitative estimate of drug-likeness (QED) is 0.451. The number of hydrogen-bond donors (Lipinski definition) is 0. The topological polar surface area (TPSA) is 26.3 Å². The van der Waals surface area contributed by atoms with Crippen LogP contribution in [-0.4, -0.2) is 12.1 Å². The fraction of sp³-hybridized carbons (Fsp3) is 0.769. The van der Waals surface area contributed by atoms with Crippen LogP contribution in [0.4, 0.5) is 0 Å². The van der Waals surface area contributed by atoms with E-state index in [1.54, 1.807) is 0 Å². The van der Waals surface area contributed by atoms with Crippen LogP contribution in [0.1, 0.15) is 58.3 Å². The lowest BCUT2D eigenvalue weighted by atomic mass is 10.1. The van der Waals surface area contributed by atoms with Gasteiger partial charge in [-0.05, 0) is 26.2 Å². The lowest BCUT2D eigenvalue weighted by Gasteiger charge is -2.10. The van der Waals surface area contributed by atoms with E-state index in [9.17, 15) is 4.79 Å². The minimum atomic E-state index is -0.0323. The summed E-state index contributed by atoms with van der Waals surface area (Å²) in [6.07, 6.45) is 12.9. The Morgan fingerprint density at radius 3 is 2.73 bits per heavy atom. The molecule has 1 aliphatic rings. The molecule has 2 heteroatoms. The number of carbonyl (C=O) groups is 1. The number of esters is 1. The molecule has 0 aromatic rings. The largest absolute Gasteiger partial charge is 0.462 e. The minimum absolute atomic E-state index is 0.0323. The standard InChI is InChI=1S/C13H22O2/c1-12-10-8-6-4-2-3-5-7-9-11-13(14)15-12/h6,8,12H,2-5,7,9-11H2,1H3/b8-6+/t12-/m1/s1. The Kier molecular flexibility index (Phi) is 6.14. The van der Waals surface area contributed by atoms with Crippen molar-refractivity contribution in [2.75, 3.05) is 0 Å². The molecule has 0 N–H and O–H groups in total. The summed E-state index contributed by atoms with van der Waals surface area (Å²) in [6, 6.07) is 0. The second-order valence-corrected chi connectivity index (χ2v) is 4.31. The van der Waals surface area contributed by atoms with E-state index in [0.717, 1.165) is 19.3 Å². The molecule has 1 atom stereocenters. The Bertz CT molecular complexity index is 209. The molecule has 0 aliphatic carbocycles. The molecule has 0 unspecified atom stereocenters. The van der Waals surface area contributed by atoms with Gasteiger partial charge >= 0.3 is 5.97 Å². The third kappa shape index (κ3) is 6.32. The van der Waals surface area contributed by atoms with Gasteiger partial charge < -0.3 is 4.74 Å². The van der Waals surface area contributed by atoms with Crippen molar-refractivity contribution in [2.24, 2.45) is 0 Å². The molecular formula is C13H22O2. The first-order valence-electron chi connectivity index (χ1n) is 6.13. The van der Waals surface area contributed by atoms with Gasteiger partial charge in [0.15, 0.2) is 0 Å². The van der Waals surface area contributed by atoms with Crippen LogP contribution in [0.3, 0.4) is 0 Å². The van der Waals surface area contributed by atoms with Crippen molar-refractivity contribution in [1.29, 1.82) is 0 Å². The van der Waals surface area contributed by atoms with E-state index >= 15 is 0 Å². The highest BCUT2D eigenvalue weighted by molar-refractivity contribution is 5.69. The predicted octanol–water partition coefficient (Wildman–Crippen LogP) is 3.61. The number of rotatable bonds is 0. The summed E-state index contributed by atoms with van der Waals surface area (Å²) in [5.41, 5.74) is 0. The number of cyclic esters (lactones) is 1. The second kappa shape index (κ2) is 7.49. The highest BCUT2D eigenvalue weighted by atomic mass is 16.5. The van der Waals surface area contributed by atoms with Crippen molar-refractivity contribution in [3.8, 4) is 0 Å². The molecule has 1 heterocycles. The third-order valence-corrected chi connectivity index (χ3v) is 2.72. The fourth-order valence-corrected chi connectivity index (χ4v) is 1.80. The Balaban J connectivity index is 2.34. The zero-order valence-electron chi connectivity index (χ0n) is 9.71. The van der Waals surface area contributed by atoms with E-state index < -0.39 is 0 Å². The molecule has 0 radical (unpaired) electrons. The molecule has 1 aliphatic heterocycles. The lowest BCUT2D eigenvalue weighted by molar-refractivity contribution is -0.148. The fourth-order valence-electron chi connectivity index (χ4n) is 1.80. The SMILES string of the molecule is C[C@@H]1C/C=C/CCCCCCCC(=O)O1. The van der Waals surface area contributed by atoms with Gasteiger partial charge in [0.25, 0.3) is 0 Å². The molecule has 1 rings (SSSR count). The maximum Gasteiger partial charge on any atom is 0.306 e. The van der Waals surface area contributed by atoms with Gasteiger partial charge in [-0.1, -0.05) is 31.4 Å². The molecule has 0 aromatic carbocycles. The maximum atomic E-state index is 11.3. The van der Waals surface area contributed by atoms with Gasteiger partial charge in [0.1, 0.15) is 6.10 Å². The highest BCUT2D eigenvalue weighted by Crippen LogP contribution is 2.11. The summed E-state index contributed by atoms with van der Waals surface area (Å²) in [7, 11) is 0. The first-order valence-corrected chi connectivity index (χ1v) is 6.13. The lowest BCUT2D eigenvalue weighted by Crippen LogP contribution is -2.13. The van der Waals surface area contributed by atoms with Gasteiger partial charge in [-0.2, -0.15) is 0 Å². The summed E-state index contributed by atoms with van der Waals surface area (Å²) < 4.78 is 5.27. The summed E-state index contributed by atoms with van der Waals surface area (Å²) >= 11 is 0. The molecule has 86 valence electrons. The number of hydrogen-bond acceptors (Lipinski definition) is 2. The van der Waals surface area contributed by atoms with Crippen LogP contribution in [-0.2, 0) is 9.53 Å². The van der Waals surface area contributed by atoms with Crippen molar-refractivity contribution >= 4 is 5.97 Å². The third-order valence-electron chi connectivity index (χ3n) is 2.72. The predicted molar refractivity (Wildman–Crippen MR) is 61.6 cm³/mol. The molecule has 0 fully saturated rings. The Morgan fingerprint density at radius 2 is 1.87 bits per heavy atom. The molecule has 0 saturated heterocycles. The average Bonchev–Trinajstić information content (AvgIpc) is 2.21. The monoisotopic (exact) mass is 210 g/mol.